The summed E-state index contributed by atoms with van der Waals surface area (Å²) in [5.41, 5.74) is 1.73. The van der Waals surface area contributed by atoms with Gasteiger partial charge in [0, 0.05) is 17.9 Å². The molecule has 1 N–H and O–H groups in total. The maximum Gasteiger partial charge on any atom is 0.303 e. The molecule has 154 valence electrons. The molecule has 5 rings (SSSR count). The molecular weight excluding hydrogens is 400 g/mol. The van der Waals surface area contributed by atoms with Crippen molar-refractivity contribution in [3.8, 4) is 10.9 Å². The van der Waals surface area contributed by atoms with Gasteiger partial charge in [-0.1, -0.05) is 23.5 Å². The number of aromatic nitrogens is 1. The predicted molar refractivity (Wildman–Crippen MR) is 116 cm³/mol. The van der Waals surface area contributed by atoms with Crippen LogP contribution in [0.1, 0.15) is 25.0 Å². The molecule has 0 amide bonds. The highest BCUT2D eigenvalue weighted by atomic mass is 32.1. The summed E-state index contributed by atoms with van der Waals surface area (Å²) in [5.74, 6) is 1.21. The van der Waals surface area contributed by atoms with Gasteiger partial charge in [0.2, 0.25) is 0 Å². The Bertz CT molecular complexity index is 1160. The first-order valence-corrected chi connectivity index (χ1v) is 10.9. The van der Waals surface area contributed by atoms with Gasteiger partial charge in [0.15, 0.2) is 0 Å². The van der Waals surface area contributed by atoms with Crippen LogP contribution in [0.4, 0.5) is 0 Å². The summed E-state index contributed by atoms with van der Waals surface area (Å²) >= 11 is 1.52. The molecule has 2 aromatic heterocycles. The summed E-state index contributed by atoms with van der Waals surface area (Å²) < 4.78 is 13.1. The second-order valence-electron chi connectivity index (χ2n) is 7.78. The Morgan fingerprint density at radius 2 is 2.03 bits per heavy atom. The summed E-state index contributed by atoms with van der Waals surface area (Å²) in [5, 5.41) is 10.6. The zero-order valence-electron chi connectivity index (χ0n) is 16.4. The molecule has 0 atom stereocenters. The van der Waals surface area contributed by atoms with Gasteiger partial charge in [0.05, 0.1) is 16.8 Å². The minimum Gasteiger partial charge on any atom is -0.481 e. The summed E-state index contributed by atoms with van der Waals surface area (Å²) in [6.07, 6.45) is 2.12. The number of aliphatic carboxylic acids is 1. The van der Waals surface area contributed by atoms with E-state index >= 15 is 0 Å². The predicted octanol–water partition coefficient (Wildman–Crippen LogP) is 5.52. The first kappa shape index (κ1) is 19.1. The Morgan fingerprint density at radius 1 is 1.20 bits per heavy atom. The molecule has 0 radical (unpaired) electrons. The van der Waals surface area contributed by atoms with Crippen molar-refractivity contribution in [3.05, 3.63) is 54.3 Å². The number of hydrogen-bond acceptors (Lipinski definition) is 6. The molecule has 0 unspecified atom stereocenters. The SMILES string of the molecule is O=C(O)CC1CCN(Cc2cc3ccc(Oc4nc5ccccc5s4)cc3o2)CC1. The lowest BCUT2D eigenvalue weighted by atomic mass is 9.93. The number of piperidine rings is 1. The molecule has 1 fully saturated rings. The molecule has 1 aliphatic rings. The Balaban J connectivity index is 1.25. The maximum absolute atomic E-state index is 10.9. The van der Waals surface area contributed by atoms with Crippen LogP contribution in [-0.2, 0) is 11.3 Å². The number of carboxylic acids is 1. The molecule has 0 saturated carbocycles. The van der Waals surface area contributed by atoms with Crippen molar-refractivity contribution in [1.29, 1.82) is 0 Å². The molecule has 0 spiro atoms. The minimum atomic E-state index is -0.699. The van der Waals surface area contributed by atoms with Gasteiger partial charge in [-0.25, -0.2) is 4.98 Å². The molecule has 7 heteroatoms. The molecular formula is C23H22N2O4S. The van der Waals surface area contributed by atoms with E-state index in [0.29, 0.717) is 10.9 Å². The number of furan rings is 1. The topological polar surface area (TPSA) is 75.8 Å². The number of thiazole rings is 1. The molecule has 0 aliphatic carbocycles. The van der Waals surface area contributed by atoms with Crippen LogP contribution in [0.2, 0.25) is 0 Å². The Morgan fingerprint density at radius 3 is 2.83 bits per heavy atom. The highest BCUT2D eigenvalue weighted by Gasteiger charge is 2.22. The average Bonchev–Trinajstić information content (AvgIpc) is 3.31. The van der Waals surface area contributed by atoms with Crippen LogP contribution < -0.4 is 4.74 Å². The summed E-state index contributed by atoms with van der Waals surface area (Å²) in [4.78, 5) is 17.7. The number of fused-ring (bicyclic) bond motifs is 2. The van der Waals surface area contributed by atoms with Crippen LogP contribution in [0.3, 0.4) is 0 Å². The normalized spacial score (nSPS) is 15.7. The monoisotopic (exact) mass is 422 g/mol. The van der Waals surface area contributed by atoms with E-state index < -0.39 is 5.97 Å². The third-order valence-corrected chi connectivity index (χ3v) is 6.49. The molecule has 6 nitrogen and oxygen atoms in total. The molecule has 1 aliphatic heterocycles. The average molecular weight is 423 g/mol. The van der Waals surface area contributed by atoms with E-state index in [1.54, 1.807) is 0 Å². The fraction of sp³-hybridized carbons (Fsp3) is 0.304. The van der Waals surface area contributed by atoms with E-state index in [2.05, 4.69) is 16.0 Å². The lowest BCUT2D eigenvalue weighted by Crippen LogP contribution is -2.33. The fourth-order valence-electron chi connectivity index (χ4n) is 4.02. The van der Waals surface area contributed by atoms with Crippen molar-refractivity contribution in [3.63, 3.8) is 0 Å². The second kappa shape index (κ2) is 8.08. The smallest absolute Gasteiger partial charge is 0.303 e. The lowest BCUT2D eigenvalue weighted by molar-refractivity contribution is -0.138. The van der Waals surface area contributed by atoms with E-state index in [1.165, 1.54) is 11.3 Å². The molecule has 3 heterocycles. The van der Waals surface area contributed by atoms with Gasteiger partial charge in [-0.15, -0.1) is 0 Å². The van der Waals surface area contributed by atoms with Gasteiger partial charge < -0.3 is 14.3 Å². The van der Waals surface area contributed by atoms with Crippen molar-refractivity contribution in [2.24, 2.45) is 5.92 Å². The number of carbonyl (C=O) groups is 1. The highest BCUT2D eigenvalue weighted by Crippen LogP contribution is 2.33. The van der Waals surface area contributed by atoms with Gasteiger partial charge in [0.1, 0.15) is 17.1 Å². The van der Waals surface area contributed by atoms with Gasteiger partial charge in [-0.2, -0.15) is 0 Å². The number of likely N-dealkylation sites (tertiary alicyclic amines) is 1. The van der Waals surface area contributed by atoms with Crippen LogP contribution in [0.5, 0.6) is 10.9 Å². The standard InChI is InChI=1S/C23H22N2O4S/c26-22(27)11-15-7-9-25(10-8-15)14-18-12-16-5-6-17(13-20(16)28-18)29-23-24-19-3-1-2-4-21(19)30-23/h1-6,12-13,15H,7-11,14H2,(H,26,27). The maximum atomic E-state index is 10.9. The Kier molecular flexibility index (Phi) is 5.14. The number of para-hydroxylation sites is 1. The van der Waals surface area contributed by atoms with Crippen LogP contribution >= 0.6 is 11.3 Å². The quantitative estimate of drug-likeness (QED) is 0.441. The van der Waals surface area contributed by atoms with Gasteiger partial charge in [-0.05, 0) is 62.2 Å². The molecule has 30 heavy (non-hydrogen) atoms. The van der Waals surface area contributed by atoms with Crippen molar-refractivity contribution >= 4 is 38.5 Å². The zero-order valence-corrected chi connectivity index (χ0v) is 17.2. The summed E-state index contributed by atoms with van der Waals surface area (Å²) in [7, 11) is 0. The van der Waals surface area contributed by atoms with Crippen LogP contribution in [-0.4, -0.2) is 34.0 Å². The number of carboxylic acid groups (broad SMARTS) is 1. The zero-order chi connectivity index (χ0) is 20.5. The highest BCUT2D eigenvalue weighted by molar-refractivity contribution is 7.20. The first-order chi connectivity index (χ1) is 14.6. The Labute approximate surface area is 177 Å². The molecule has 4 aromatic rings. The van der Waals surface area contributed by atoms with E-state index in [-0.39, 0.29) is 12.3 Å². The van der Waals surface area contributed by atoms with Crippen molar-refractivity contribution in [2.45, 2.75) is 25.8 Å². The fourth-order valence-corrected chi connectivity index (χ4v) is 4.85. The van der Waals surface area contributed by atoms with E-state index in [4.69, 9.17) is 14.3 Å². The van der Waals surface area contributed by atoms with Gasteiger partial charge >= 0.3 is 5.97 Å². The van der Waals surface area contributed by atoms with Crippen LogP contribution in [0, 0.1) is 5.92 Å². The number of nitrogens with zero attached hydrogens (tertiary/aromatic N) is 2. The van der Waals surface area contributed by atoms with E-state index in [9.17, 15) is 4.79 Å². The number of hydrogen-bond donors (Lipinski definition) is 1. The third kappa shape index (κ3) is 4.17. The third-order valence-electron chi connectivity index (χ3n) is 5.57. The number of rotatable bonds is 6. The molecule has 0 bridgehead atoms. The Hall–Kier alpha value is -2.90. The summed E-state index contributed by atoms with van der Waals surface area (Å²) in [6, 6.07) is 15.9. The van der Waals surface area contributed by atoms with E-state index in [0.717, 1.165) is 59.4 Å². The minimum absolute atomic E-state index is 0.274. The van der Waals surface area contributed by atoms with Crippen LogP contribution in [0.15, 0.2) is 52.9 Å². The van der Waals surface area contributed by atoms with Crippen molar-refractivity contribution in [2.75, 3.05) is 13.1 Å². The van der Waals surface area contributed by atoms with Crippen molar-refractivity contribution in [1.82, 2.24) is 9.88 Å². The second-order valence-corrected chi connectivity index (χ2v) is 8.77. The number of ether oxygens (including phenoxy) is 1. The van der Waals surface area contributed by atoms with Gasteiger partial charge in [-0.3, -0.25) is 9.69 Å². The number of benzene rings is 2. The van der Waals surface area contributed by atoms with Gasteiger partial charge in [0.25, 0.3) is 5.19 Å². The molecule has 2 aromatic carbocycles. The van der Waals surface area contributed by atoms with E-state index in [1.807, 2.05) is 42.5 Å². The lowest BCUT2D eigenvalue weighted by Gasteiger charge is -2.30. The summed E-state index contributed by atoms with van der Waals surface area (Å²) in [6.45, 7) is 2.55. The van der Waals surface area contributed by atoms with Crippen molar-refractivity contribution < 1.29 is 19.1 Å². The van der Waals surface area contributed by atoms with Crippen LogP contribution in [0.25, 0.3) is 21.2 Å². The molecule has 1 saturated heterocycles. The largest absolute Gasteiger partial charge is 0.481 e. The first-order valence-electron chi connectivity index (χ1n) is 10.1.